The lowest BCUT2D eigenvalue weighted by atomic mass is 10.2. The Hall–Kier alpha value is -2.37. The summed E-state index contributed by atoms with van der Waals surface area (Å²) < 4.78 is 11.8. The highest BCUT2D eigenvalue weighted by Gasteiger charge is 2.14. The first-order valence-electron chi connectivity index (χ1n) is 5.86. The number of carbonyl (C=O) groups is 1. The largest absolute Gasteiger partial charge is 0.479 e. The molecule has 19 heavy (non-hydrogen) atoms. The topological polar surface area (TPSA) is 66.2 Å². The zero-order valence-corrected chi connectivity index (χ0v) is 10.8. The van der Waals surface area contributed by atoms with E-state index in [1.165, 1.54) is 7.11 Å². The van der Waals surface area contributed by atoms with Crippen LogP contribution in [-0.2, 0) is 16.1 Å². The molecule has 0 aliphatic rings. The number of rotatable bonds is 5. The lowest BCUT2D eigenvalue weighted by Gasteiger charge is -2.12. The third kappa shape index (κ3) is 3.54. The van der Waals surface area contributed by atoms with Crippen LogP contribution in [0.1, 0.15) is 12.5 Å². The number of aromatic nitrogens is 3. The Morgan fingerprint density at radius 2 is 2.11 bits per heavy atom. The van der Waals surface area contributed by atoms with E-state index >= 15 is 0 Å². The van der Waals surface area contributed by atoms with Crippen LogP contribution >= 0.6 is 0 Å². The number of hydrogen-bond donors (Lipinski definition) is 0. The number of methoxy groups -OCH3 is 1. The molecule has 0 fully saturated rings. The van der Waals surface area contributed by atoms with Crippen LogP contribution in [0.4, 0.5) is 0 Å². The van der Waals surface area contributed by atoms with E-state index in [4.69, 9.17) is 4.74 Å². The van der Waals surface area contributed by atoms with E-state index in [1.54, 1.807) is 24.0 Å². The highest BCUT2D eigenvalue weighted by Crippen LogP contribution is 2.14. The van der Waals surface area contributed by atoms with Crippen molar-refractivity contribution in [2.24, 2.45) is 0 Å². The summed E-state index contributed by atoms with van der Waals surface area (Å²) in [7, 11) is 1.34. The van der Waals surface area contributed by atoms with Gasteiger partial charge in [0.25, 0.3) is 0 Å². The molecule has 0 radical (unpaired) electrons. The number of benzene rings is 1. The van der Waals surface area contributed by atoms with Gasteiger partial charge >= 0.3 is 5.97 Å². The van der Waals surface area contributed by atoms with Crippen molar-refractivity contribution in [3.63, 3.8) is 0 Å². The molecule has 0 N–H and O–H groups in total. The van der Waals surface area contributed by atoms with Gasteiger partial charge in [-0.1, -0.05) is 17.3 Å². The van der Waals surface area contributed by atoms with E-state index in [2.05, 4.69) is 15.0 Å². The Morgan fingerprint density at radius 3 is 2.68 bits per heavy atom. The minimum absolute atomic E-state index is 0.397. The predicted octanol–water partition coefficient (Wildman–Crippen LogP) is 1.27. The van der Waals surface area contributed by atoms with Crippen LogP contribution in [0.15, 0.2) is 36.7 Å². The average Bonchev–Trinajstić information content (AvgIpc) is 2.93. The fourth-order valence-corrected chi connectivity index (χ4v) is 1.60. The quantitative estimate of drug-likeness (QED) is 0.758. The normalized spacial score (nSPS) is 11.9. The number of esters is 1. The zero-order chi connectivity index (χ0) is 13.7. The van der Waals surface area contributed by atoms with E-state index in [1.807, 2.05) is 24.3 Å². The van der Waals surface area contributed by atoms with Crippen molar-refractivity contribution >= 4 is 5.97 Å². The highest BCUT2D eigenvalue weighted by atomic mass is 16.6. The Labute approximate surface area is 110 Å². The minimum atomic E-state index is -0.619. The lowest BCUT2D eigenvalue weighted by molar-refractivity contribution is -0.147. The van der Waals surface area contributed by atoms with Gasteiger partial charge in [0.05, 0.1) is 19.9 Å². The molecule has 0 saturated heterocycles. The van der Waals surface area contributed by atoms with Gasteiger partial charge in [0.1, 0.15) is 5.75 Å². The first-order chi connectivity index (χ1) is 9.19. The van der Waals surface area contributed by atoms with E-state index in [0.717, 1.165) is 5.56 Å². The molecule has 6 nitrogen and oxygen atoms in total. The first kappa shape index (κ1) is 13.1. The van der Waals surface area contributed by atoms with Gasteiger partial charge in [-0.05, 0) is 24.6 Å². The second kappa shape index (κ2) is 5.99. The van der Waals surface area contributed by atoms with Gasteiger partial charge in [0.2, 0.25) is 0 Å². The zero-order valence-electron chi connectivity index (χ0n) is 10.8. The fraction of sp³-hybridized carbons (Fsp3) is 0.308. The Morgan fingerprint density at radius 1 is 1.37 bits per heavy atom. The molecule has 0 spiro atoms. The van der Waals surface area contributed by atoms with E-state index in [0.29, 0.717) is 12.3 Å². The molecule has 0 aliphatic carbocycles. The minimum Gasteiger partial charge on any atom is -0.479 e. The number of nitrogens with zero attached hydrogens (tertiary/aromatic N) is 3. The molecule has 0 aliphatic heterocycles. The molecule has 1 aromatic heterocycles. The van der Waals surface area contributed by atoms with E-state index in [9.17, 15) is 4.79 Å². The van der Waals surface area contributed by atoms with Crippen LogP contribution in [-0.4, -0.2) is 34.2 Å². The molecular formula is C13H15N3O3. The Balaban J connectivity index is 1.96. The van der Waals surface area contributed by atoms with Gasteiger partial charge < -0.3 is 9.47 Å². The molecule has 0 unspecified atom stereocenters. The summed E-state index contributed by atoms with van der Waals surface area (Å²) in [4.78, 5) is 11.2. The molecule has 1 atom stereocenters. The smallest absolute Gasteiger partial charge is 0.346 e. The van der Waals surface area contributed by atoms with Crippen molar-refractivity contribution in [3.8, 4) is 5.75 Å². The maximum absolute atomic E-state index is 11.2. The summed E-state index contributed by atoms with van der Waals surface area (Å²) in [5.74, 6) is 0.229. The monoisotopic (exact) mass is 261 g/mol. The molecule has 2 rings (SSSR count). The summed E-state index contributed by atoms with van der Waals surface area (Å²) in [5.41, 5.74) is 1.07. The van der Waals surface area contributed by atoms with Gasteiger partial charge in [-0.15, -0.1) is 5.10 Å². The second-order valence-electron chi connectivity index (χ2n) is 4.03. The molecule has 6 heteroatoms. The van der Waals surface area contributed by atoms with Gasteiger partial charge in [-0.2, -0.15) is 0 Å². The van der Waals surface area contributed by atoms with Crippen LogP contribution in [0.3, 0.4) is 0 Å². The Kier molecular flexibility index (Phi) is 4.12. The predicted molar refractivity (Wildman–Crippen MR) is 67.7 cm³/mol. The lowest BCUT2D eigenvalue weighted by Crippen LogP contribution is -2.24. The summed E-state index contributed by atoms with van der Waals surface area (Å²) >= 11 is 0. The second-order valence-corrected chi connectivity index (χ2v) is 4.03. The average molecular weight is 261 g/mol. The fourth-order valence-electron chi connectivity index (χ4n) is 1.60. The summed E-state index contributed by atoms with van der Waals surface area (Å²) in [6.45, 7) is 2.29. The highest BCUT2D eigenvalue weighted by molar-refractivity contribution is 5.74. The van der Waals surface area contributed by atoms with Gasteiger partial charge in [0, 0.05) is 6.20 Å². The van der Waals surface area contributed by atoms with Crippen molar-refractivity contribution < 1.29 is 14.3 Å². The Bertz CT molecular complexity index is 523. The van der Waals surface area contributed by atoms with Crippen molar-refractivity contribution in [2.75, 3.05) is 7.11 Å². The van der Waals surface area contributed by atoms with Crippen molar-refractivity contribution in [1.29, 1.82) is 0 Å². The molecule has 0 amide bonds. The van der Waals surface area contributed by atoms with Crippen molar-refractivity contribution in [1.82, 2.24) is 15.0 Å². The van der Waals surface area contributed by atoms with Crippen molar-refractivity contribution in [3.05, 3.63) is 42.2 Å². The third-order valence-corrected chi connectivity index (χ3v) is 2.59. The number of carbonyl (C=O) groups excluding carboxylic acids is 1. The SMILES string of the molecule is COC(=O)[C@@H](C)Oc1ccc(Cn2ccnn2)cc1. The molecule has 0 saturated carbocycles. The van der Waals surface area contributed by atoms with Gasteiger partial charge in [-0.3, -0.25) is 0 Å². The maximum atomic E-state index is 11.2. The molecule has 1 heterocycles. The third-order valence-electron chi connectivity index (χ3n) is 2.59. The van der Waals surface area contributed by atoms with Crippen LogP contribution in [0.5, 0.6) is 5.75 Å². The number of ether oxygens (including phenoxy) is 2. The van der Waals surface area contributed by atoms with Crippen LogP contribution < -0.4 is 4.74 Å². The van der Waals surface area contributed by atoms with Gasteiger partial charge in [-0.25, -0.2) is 9.48 Å². The molecule has 0 bridgehead atoms. The summed E-state index contributed by atoms with van der Waals surface area (Å²) in [6.07, 6.45) is 2.81. The standard InChI is InChI=1S/C13H15N3O3/c1-10(13(17)18-2)19-12-5-3-11(4-6-12)9-16-8-7-14-15-16/h3-8,10H,9H2,1-2H3/t10-/m1/s1. The molecule has 1 aromatic carbocycles. The summed E-state index contributed by atoms with van der Waals surface area (Å²) in [5, 5.41) is 7.63. The van der Waals surface area contributed by atoms with Crippen molar-refractivity contribution in [2.45, 2.75) is 19.6 Å². The molecular weight excluding hydrogens is 246 g/mol. The van der Waals surface area contributed by atoms with Gasteiger partial charge in [0.15, 0.2) is 6.10 Å². The van der Waals surface area contributed by atoms with Crippen LogP contribution in [0.2, 0.25) is 0 Å². The summed E-state index contributed by atoms with van der Waals surface area (Å²) in [6, 6.07) is 7.46. The maximum Gasteiger partial charge on any atom is 0.346 e. The van der Waals surface area contributed by atoms with Crippen LogP contribution in [0.25, 0.3) is 0 Å². The number of hydrogen-bond acceptors (Lipinski definition) is 5. The van der Waals surface area contributed by atoms with E-state index < -0.39 is 12.1 Å². The van der Waals surface area contributed by atoms with E-state index in [-0.39, 0.29) is 0 Å². The molecule has 2 aromatic rings. The first-order valence-corrected chi connectivity index (χ1v) is 5.86. The van der Waals surface area contributed by atoms with Crippen LogP contribution in [0, 0.1) is 0 Å². The molecule has 100 valence electrons.